The Morgan fingerprint density at radius 1 is 1.16 bits per heavy atom. The molecule has 0 aromatic carbocycles. The van der Waals surface area contributed by atoms with Crippen molar-refractivity contribution in [1.29, 1.82) is 0 Å². The lowest BCUT2D eigenvalue weighted by Gasteiger charge is -2.33. The Morgan fingerprint density at radius 3 is 2.63 bits per heavy atom. The molecule has 1 N–H and O–H groups in total. The van der Waals surface area contributed by atoms with Crippen molar-refractivity contribution in [2.75, 3.05) is 24.6 Å². The molecule has 0 saturated carbocycles. The normalized spacial score (nSPS) is 25.8. The molecule has 0 aliphatic carbocycles. The van der Waals surface area contributed by atoms with Crippen molar-refractivity contribution in [3.63, 3.8) is 0 Å². The second kappa shape index (κ2) is 6.73. The Balaban J connectivity index is 1.41. The number of nitrogens with one attached hydrogen (secondary N) is 1. The first-order valence-electron chi connectivity index (χ1n) is 7.35. The van der Waals surface area contributed by atoms with Crippen LogP contribution in [-0.4, -0.2) is 46.6 Å². The summed E-state index contributed by atoms with van der Waals surface area (Å²) in [5.41, 5.74) is 1.38. The number of likely N-dealkylation sites (tertiary alicyclic amines) is 1. The first-order valence-corrected chi connectivity index (χ1v) is 8.51. The minimum atomic E-state index is 0.748. The van der Waals surface area contributed by atoms with Crippen molar-refractivity contribution in [3.8, 4) is 0 Å². The average Bonchev–Trinajstić information content (AvgIpc) is 2.95. The van der Waals surface area contributed by atoms with Crippen LogP contribution >= 0.6 is 11.8 Å². The van der Waals surface area contributed by atoms with Crippen LogP contribution in [0.15, 0.2) is 24.5 Å². The molecule has 2 aliphatic heterocycles. The first-order chi connectivity index (χ1) is 9.40. The third kappa shape index (κ3) is 3.94. The van der Waals surface area contributed by atoms with Crippen molar-refractivity contribution in [2.45, 2.75) is 37.9 Å². The van der Waals surface area contributed by atoms with E-state index in [2.05, 4.69) is 39.1 Å². The summed E-state index contributed by atoms with van der Waals surface area (Å²) in [5.74, 6) is 2.66. The summed E-state index contributed by atoms with van der Waals surface area (Å²) in [6.07, 6.45) is 7.74. The van der Waals surface area contributed by atoms with Crippen LogP contribution in [0.25, 0.3) is 0 Å². The molecule has 104 valence electrons. The molecule has 19 heavy (non-hydrogen) atoms. The largest absolute Gasteiger partial charge is 0.310 e. The second-order valence-electron chi connectivity index (χ2n) is 5.63. The molecule has 0 amide bonds. The molecule has 1 aromatic rings. The summed E-state index contributed by atoms with van der Waals surface area (Å²) in [5, 5.41) is 3.84. The molecule has 1 atom stereocenters. The molecule has 2 aliphatic rings. The van der Waals surface area contributed by atoms with E-state index in [9.17, 15) is 0 Å². The van der Waals surface area contributed by atoms with Crippen LogP contribution in [0.4, 0.5) is 0 Å². The fourth-order valence-corrected chi connectivity index (χ4v) is 4.17. The van der Waals surface area contributed by atoms with Crippen molar-refractivity contribution in [3.05, 3.63) is 30.1 Å². The van der Waals surface area contributed by atoms with Gasteiger partial charge in [-0.3, -0.25) is 9.88 Å². The topological polar surface area (TPSA) is 28.2 Å². The highest BCUT2D eigenvalue weighted by atomic mass is 32.2. The van der Waals surface area contributed by atoms with Gasteiger partial charge in [0.05, 0.1) is 0 Å². The predicted octanol–water partition coefficient (Wildman–Crippen LogP) is 2.14. The number of nitrogens with zero attached hydrogens (tertiary/aromatic N) is 2. The lowest BCUT2D eigenvalue weighted by molar-refractivity contribution is 0.185. The quantitative estimate of drug-likeness (QED) is 0.913. The van der Waals surface area contributed by atoms with E-state index in [0.29, 0.717) is 0 Å². The zero-order chi connectivity index (χ0) is 12.9. The standard InChI is InChI=1S/C15H23N3S/c1-6-16-7-2-13(1)11-18-8-3-14(4-9-18)17-15-5-10-19-12-15/h1-2,6-7,14-15,17H,3-5,8-12H2/t15-/m1/s1. The van der Waals surface area contributed by atoms with Crippen molar-refractivity contribution >= 4 is 11.8 Å². The molecule has 1 aromatic heterocycles. The van der Waals surface area contributed by atoms with Crippen LogP contribution in [0.2, 0.25) is 0 Å². The monoisotopic (exact) mass is 277 g/mol. The van der Waals surface area contributed by atoms with Gasteiger partial charge in [-0.1, -0.05) is 0 Å². The number of hydrogen-bond donors (Lipinski definition) is 1. The van der Waals surface area contributed by atoms with Crippen molar-refractivity contribution in [2.24, 2.45) is 0 Å². The Labute approximate surface area is 120 Å². The van der Waals surface area contributed by atoms with Gasteiger partial charge in [0.2, 0.25) is 0 Å². The summed E-state index contributed by atoms with van der Waals surface area (Å²) in [7, 11) is 0. The number of hydrogen-bond acceptors (Lipinski definition) is 4. The van der Waals surface area contributed by atoms with E-state index >= 15 is 0 Å². The van der Waals surface area contributed by atoms with E-state index in [-0.39, 0.29) is 0 Å². The number of aromatic nitrogens is 1. The lowest BCUT2D eigenvalue weighted by atomic mass is 10.0. The molecule has 2 saturated heterocycles. The highest BCUT2D eigenvalue weighted by Gasteiger charge is 2.23. The Kier molecular flexibility index (Phi) is 4.75. The number of rotatable bonds is 4. The van der Waals surface area contributed by atoms with Gasteiger partial charge in [0, 0.05) is 36.8 Å². The van der Waals surface area contributed by atoms with Gasteiger partial charge in [-0.25, -0.2) is 0 Å². The molecule has 3 heterocycles. The Bertz CT molecular complexity index is 370. The van der Waals surface area contributed by atoms with Crippen molar-refractivity contribution < 1.29 is 0 Å². The van der Waals surface area contributed by atoms with Crippen LogP contribution in [0, 0.1) is 0 Å². The maximum absolute atomic E-state index is 4.08. The molecule has 0 spiro atoms. The van der Waals surface area contributed by atoms with Crippen LogP contribution < -0.4 is 5.32 Å². The molecule has 4 heteroatoms. The maximum atomic E-state index is 4.08. The highest BCUT2D eigenvalue weighted by molar-refractivity contribution is 7.99. The smallest absolute Gasteiger partial charge is 0.0271 e. The highest BCUT2D eigenvalue weighted by Crippen LogP contribution is 2.20. The van der Waals surface area contributed by atoms with Gasteiger partial charge < -0.3 is 5.32 Å². The second-order valence-corrected chi connectivity index (χ2v) is 6.78. The predicted molar refractivity (Wildman–Crippen MR) is 81.4 cm³/mol. The van der Waals surface area contributed by atoms with E-state index in [0.717, 1.165) is 18.6 Å². The van der Waals surface area contributed by atoms with Gasteiger partial charge in [-0.2, -0.15) is 11.8 Å². The summed E-state index contributed by atoms with van der Waals surface area (Å²) in [6.45, 7) is 3.52. The molecule has 3 rings (SSSR count). The molecule has 0 unspecified atom stereocenters. The lowest BCUT2D eigenvalue weighted by Crippen LogP contribution is -2.46. The Hall–Kier alpha value is -0.580. The molecule has 0 bridgehead atoms. The van der Waals surface area contributed by atoms with Crippen molar-refractivity contribution in [1.82, 2.24) is 15.2 Å². The molecular formula is C15H23N3S. The van der Waals surface area contributed by atoms with Crippen LogP contribution in [0.5, 0.6) is 0 Å². The minimum absolute atomic E-state index is 0.748. The first kappa shape index (κ1) is 13.4. The van der Waals surface area contributed by atoms with Gasteiger partial charge in [0.25, 0.3) is 0 Å². The minimum Gasteiger partial charge on any atom is -0.310 e. The van der Waals surface area contributed by atoms with E-state index in [1.165, 1.54) is 49.4 Å². The SMILES string of the molecule is c1cc(CN2CCC(N[C@@H]3CCSC3)CC2)ccn1. The molecule has 3 nitrogen and oxygen atoms in total. The summed E-state index contributed by atoms with van der Waals surface area (Å²) in [4.78, 5) is 6.64. The van der Waals surface area contributed by atoms with Gasteiger partial charge in [-0.15, -0.1) is 0 Å². The van der Waals surface area contributed by atoms with E-state index in [1.807, 2.05) is 12.4 Å². The van der Waals surface area contributed by atoms with Gasteiger partial charge in [-0.05, 0) is 55.8 Å². The fourth-order valence-electron chi connectivity index (χ4n) is 3.00. The number of thioether (sulfide) groups is 1. The van der Waals surface area contributed by atoms with Crippen LogP contribution in [0.1, 0.15) is 24.8 Å². The maximum Gasteiger partial charge on any atom is 0.0271 e. The van der Waals surface area contributed by atoms with E-state index in [1.54, 1.807) is 0 Å². The molecule has 2 fully saturated rings. The third-order valence-corrected chi connectivity index (χ3v) is 5.31. The summed E-state index contributed by atoms with van der Waals surface area (Å²) < 4.78 is 0. The average molecular weight is 277 g/mol. The van der Waals surface area contributed by atoms with Crippen LogP contribution in [0.3, 0.4) is 0 Å². The number of piperidine rings is 1. The Morgan fingerprint density at radius 2 is 1.95 bits per heavy atom. The zero-order valence-electron chi connectivity index (χ0n) is 11.4. The fraction of sp³-hybridized carbons (Fsp3) is 0.667. The molecular weight excluding hydrogens is 254 g/mol. The summed E-state index contributed by atoms with van der Waals surface area (Å²) in [6, 6.07) is 5.78. The van der Waals surface area contributed by atoms with E-state index < -0.39 is 0 Å². The third-order valence-electron chi connectivity index (χ3n) is 4.14. The summed E-state index contributed by atoms with van der Waals surface area (Å²) >= 11 is 2.09. The molecule has 0 radical (unpaired) electrons. The zero-order valence-corrected chi connectivity index (χ0v) is 12.2. The van der Waals surface area contributed by atoms with Crippen LogP contribution in [-0.2, 0) is 6.54 Å². The number of pyridine rings is 1. The van der Waals surface area contributed by atoms with Gasteiger partial charge >= 0.3 is 0 Å². The van der Waals surface area contributed by atoms with Gasteiger partial charge in [0.1, 0.15) is 0 Å². The van der Waals surface area contributed by atoms with Gasteiger partial charge in [0.15, 0.2) is 0 Å². The van der Waals surface area contributed by atoms with E-state index in [4.69, 9.17) is 0 Å².